The van der Waals surface area contributed by atoms with Crippen LogP contribution >= 0.6 is 24.2 Å². The van der Waals surface area contributed by atoms with Crippen molar-refractivity contribution in [1.29, 1.82) is 0 Å². The Morgan fingerprint density at radius 2 is 2.18 bits per heavy atom. The lowest BCUT2D eigenvalue weighted by Gasteiger charge is -2.26. The van der Waals surface area contributed by atoms with Gasteiger partial charge in [-0.1, -0.05) is 0 Å². The number of thioether (sulfide) groups is 1. The molecule has 1 atom stereocenters. The first-order chi connectivity index (χ1) is 7.69. The van der Waals surface area contributed by atoms with E-state index in [0.29, 0.717) is 0 Å². The molecule has 0 radical (unpaired) electrons. The number of halogens is 1. The lowest BCUT2D eigenvalue weighted by Crippen LogP contribution is -2.26. The zero-order valence-electron chi connectivity index (χ0n) is 10.6. The Morgan fingerprint density at radius 1 is 1.41 bits per heavy atom. The van der Waals surface area contributed by atoms with Crippen molar-refractivity contribution in [1.82, 2.24) is 4.90 Å². The second-order valence-corrected chi connectivity index (χ2v) is 5.68. The molecule has 0 aliphatic carbocycles. The second-order valence-electron chi connectivity index (χ2n) is 4.62. The highest BCUT2D eigenvalue weighted by Gasteiger charge is 2.20. The van der Waals surface area contributed by atoms with E-state index in [0.717, 1.165) is 11.7 Å². The first-order valence-electron chi connectivity index (χ1n) is 5.63. The van der Waals surface area contributed by atoms with Crippen LogP contribution in [0, 0.1) is 5.92 Å². The molecular weight excluding hydrogens is 254 g/mol. The van der Waals surface area contributed by atoms with Crippen LogP contribution in [0.1, 0.15) is 5.56 Å². The van der Waals surface area contributed by atoms with Gasteiger partial charge in [0.25, 0.3) is 0 Å². The maximum Gasteiger partial charge on any atom is 0.119 e. The van der Waals surface area contributed by atoms with Crippen LogP contribution in [-0.4, -0.2) is 38.4 Å². The largest absolute Gasteiger partial charge is 0.497 e. The van der Waals surface area contributed by atoms with Gasteiger partial charge in [0.2, 0.25) is 0 Å². The molecule has 0 aromatic heterocycles. The van der Waals surface area contributed by atoms with Crippen molar-refractivity contribution in [3.63, 3.8) is 0 Å². The van der Waals surface area contributed by atoms with E-state index in [1.165, 1.54) is 29.2 Å². The van der Waals surface area contributed by atoms with E-state index in [-0.39, 0.29) is 12.4 Å². The van der Waals surface area contributed by atoms with Crippen molar-refractivity contribution < 1.29 is 4.74 Å². The SMILES string of the molecule is COc1ccc2c(c1)CC(CN(C)C)CS2.Cl. The van der Waals surface area contributed by atoms with E-state index in [1.807, 2.05) is 11.8 Å². The van der Waals surface area contributed by atoms with Crippen molar-refractivity contribution >= 4 is 24.2 Å². The zero-order chi connectivity index (χ0) is 11.5. The van der Waals surface area contributed by atoms with Crippen molar-refractivity contribution in [3.8, 4) is 5.75 Å². The molecule has 2 nitrogen and oxygen atoms in total. The van der Waals surface area contributed by atoms with Crippen LogP contribution in [0.4, 0.5) is 0 Å². The molecule has 1 aromatic rings. The van der Waals surface area contributed by atoms with Gasteiger partial charge in [0.1, 0.15) is 5.75 Å². The summed E-state index contributed by atoms with van der Waals surface area (Å²) in [4.78, 5) is 3.70. The number of hydrogen-bond acceptors (Lipinski definition) is 3. The number of methoxy groups -OCH3 is 1. The summed E-state index contributed by atoms with van der Waals surface area (Å²) in [6.07, 6.45) is 1.18. The molecular formula is C13H20ClNOS. The topological polar surface area (TPSA) is 12.5 Å². The third kappa shape index (κ3) is 3.80. The molecule has 4 heteroatoms. The van der Waals surface area contributed by atoms with Gasteiger partial charge in [-0.2, -0.15) is 0 Å². The number of ether oxygens (including phenoxy) is 1. The maximum atomic E-state index is 5.28. The normalized spacial score (nSPS) is 18.5. The van der Waals surface area contributed by atoms with Gasteiger partial charge in [0, 0.05) is 17.2 Å². The number of fused-ring (bicyclic) bond motifs is 1. The van der Waals surface area contributed by atoms with Gasteiger partial charge in [0.05, 0.1) is 7.11 Å². The van der Waals surface area contributed by atoms with Gasteiger partial charge in [-0.15, -0.1) is 24.2 Å². The number of benzene rings is 1. The van der Waals surface area contributed by atoms with Gasteiger partial charge < -0.3 is 9.64 Å². The minimum absolute atomic E-state index is 0. The Kier molecular flexibility index (Phi) is 5.63. The van der Waals surface area contributed by atoms with Crippen LogP contribution in [-0.2, 0) is 6.42 Å². The molecule has 0 bridgehead atoms. The Morgan fingerprint density at radius 3 is 2.82 bits per heavy atom. The van der Waals surface area contributed by atoms with Crippen LogP contribution in [0.25, 0.3) is 0 Å². The molecule has 1 aromatic carbocycles. The summed E-state index contributed by atoms with van der Waals surface area (Å²) < 4.78 is 5.28. The van der Waals surface area contributed by atoms with Crippen LogP contribution in [0.3, 0.4) is 0 Å². The lowest BCUT2D eigenvalue weighted by atomic mass is 9.99. The first kappa shape index (κ1) is 14.7. The molecule has 0 fully saturated rings. The van der Waals surface area contributed by atoms with E-state index in [9.17, 15) is 0 Å². The molecule has 0 saturated carbocycles. The van der Waals surface area contributed by atoms with E-state index in [4.69, 9.17) is 4.74 Å². The van der Waals surface area contributed by atoms with Gasteiger partial charge in [-0.3, -0.25) is 0 Å². The van der Waals surface area contributed by atoms with Crippen molar-refractivity contribution in [2.24, 2.45) is 5.92 Å². The maximum absolute atomic E-state index is 5.28. The Balaban J connectivity index is 0.00000144. The van der Waals surface area contributed by atoms with Crippen molar-refractivity contribution in [2.75, 3.05) is 33.5 Å². The average Bonchev–Trinajstić information content (AvgIpc) is 2.27. The van der Waals surface area contributed by atoms with E-state index in [1.54, 1.807) is 7.11 Å². The predicted molar refractivity (Wildman–Crippen MR) is 76.7 cm³/mol. The highest BCUT2D eigenvalue weighted by Crippen LogP contribution is 2.35. The van der Waals surface area contributed by atoms with Gasteiger partial charge >= 0.3 is 0 Å². The molecule has 0 spiro atoms. The summed E-state index contributed by atoms with van der Waals surface area (Å²) in [5, 5.41) is 0. The third-order valence-electron chi connectivity index (χ3n) is 2.87. The van der Waals surface area contributed by atoms with Crippen LogP contribution in [0.15, 0.2) is 23.1 Å². The summed E-state index contributed by atoms with van der Waals surface area (Å²) in [6.45, 7) is 1.17. The molecule has 1 aliphatic rings. The highest BCUT2D eigenvalue weighted by molar-refractivity contribution is 7.99. The minimum Gasteiger partial charge on any atom is -0.497 e. The average molecular weight is 274 g/mol. The Labute approximate surface area is 114 Å². The number of rotatable bonds is 3. The molecule has 2 rings (SSSR count). The fourth-order valence-corrected chi connectivity index (χ4v) is 3.32. The number of nitrogens with zero attached hydrogens (tertiary/aromatic N) is 1. The molecule has 0 N–H and O–H groups in total. The summed E-state index contributed by atoms with van der Waals surface area (Å²) in [6, 6.07) is 6.42. The first-order valence-corrected chi connectivity index (χ1v) is 6.62. The molecule has 1 heterocycles. The Bertz CT molecular complexity index is 370. The standard InChI is InChI=1S/C13H19NOS.ClH/c1-14(2)8-10-6-11-7-12(15-3)4-5-13(11)16-9-10;/h4-5,7,10H,6,8-9H2,1-3H3;1H. The predicted octanol–water partition coefficient (Wildman–Crippen LogP) is 2.94. The molecule has 1 aliphatic heterocycles. The molecule has 17 heavy (non-hydrogen) atoms. The quantitative estimate of drug-likeness (QED) is 0.840. The van der Waals surface area contributed by atoms with Crippen molar-refractivity contribution in [2.45, 2.75) is 11.3 Å². The van der Waals surface area contributed by atoms with E-state index >= 15 is 0 Å². The van der Waals surface area contributed by atoms with Crippen LogP contribution < -0.4 is 4.74 Å². The Hall–Kier alpha value is -0.380. The van der Waals surface area contributed by atoms with E-state index in [2.05, 4.69) is 37.2 Å². The van der Waals surface area contributed by atoms with E-state index < -0.39 is 0 Å². The summed E-state index contributed by atoms with van der Waals surface area (Å²) in [5.74, 6) is 2.97. The van der Waals surface area contributed by atoms with Gasteiger partial charge in [-0.05, 0) is 50.2 Å². The van der Waals surface area contributed by atoms with Crippen LogP contribution in [0.5, 0.6) is 5.75 Å². The molecule has 0 amide bonds. The van der Waals surface area contributed by atoms with Gasteiger partial charge in [0.15, 0.2) is 0 Å². The van der Waals surface area contributed by atoms with Gasteiger partial charge in [-0.25, -0.2) is 0 Å². The third-order valence-corrected chi connectivity index (χ3v) is 4.22. The minimum atomic E-state index is 0. The lowest BCUT2D eigenvalue weighted by molar-refractivity contribution is 0.338. The molecule has 0 saturated heterocycles. The second kappa shape index (κ2) is 6.53. The fourth-order valence-electron chi connectivity index (χ4n) is 2.19. The highest BCUT2D eigenvalue weighted by atomic mass is 35.5. The monoisotopic (exact) mass is 273 g/mol. The van der Waals surface area contributed by atoms with Crippen molar-refractivity contribution in [3.05, 3.63) is 23.8 Å². The zero-order valence-corrected chi connectivity index (χ0v) is 12.2. The molecule has 1 unspecified atom stereocenters. The summed E-state index contributed by atoms with van der Waals surface area (Å²) in [5.41, 5.74) is 1.45. The summed E-state index contributed by atoms with van der Waals surface area (Å²) >= 11 is 1.98. The molecule has 96 valence electrons. The summed E-state index contributed by atoms with van der Waals surface area (Å²) in [7, 11) is 6.02. The smallest absolute Gasteiger partial charge is 0.119 e. The van der Waals surface area contributed by atoms with Crippen LogP contribution in [0.2, 0.25) is 0 Å². The number of hydrogen-bond donors (Lipinski definition) is 0. The fraction of sp³-hybridized carbons (Fsp3) is 0.538.